The number of hydrogen-bond donors (Lipinski definition) is 2. The third kappa shape index (κ3) is 2.66. The van der Waals surface area contributed by atoms with Crippen molar-refractivity contribution in [2.75, 3.05) is 17.6 Å². The number of aromatic nitrogens is 3. The second-order valence-corrected chi connectivity index (χ2v) is 4.50. The summed E-state index contributed by atoms with van der Waals surface area (Å²) in [6.07, 6.45) is 5.88. The first-order chi connectivity index (χ1) is 9.83. The first-order valence-electron chi connectivity index (χ1n) is 6.47. The van der Waals surface area contributed by atoms with Gasteiger partial charge in [-0.3, -0.25) is 4.98 Å². The van der Waals surface area contributed by atoms with Crippen molar-refractivity contribution in [2.45, 2.75) is 6.42 Å². The molecule has 0 amide bonds. The second kappa shape index (κ2) is 5.52. The minimum atomic E-state index is 0.425. The molecule has 0 spiro atoms. The van der Waals surface area contributed by atoms with Crippen LogP contribution in [0.25, 0.3) is 10.9 Å². The van der Waals surface area contributed by atoms with E-state index < -0.39 is 0 Å². The SMILES string of the molecule is Nc1cnc(NCCc2cccc3cccnc23)cn1. The quantitative estimate of drug-likeness (QED) is 0.756. The van der Waals surface area contributed by atoms with E-state index in [0.717, 1.165) is 29.7 Å². The molecule has 0 atom stereocenters. The van der Waals surface area contributed by atoms with Crippen molar-refractivity contribution in [3.05, 3.63) is 54.5 Å². The summed E-state index contributed by atoms with van der Waals surface area (Å²) in [6, 6.07) is 10.3. The van der Waals surface area contributed by atoms with Gasteiger partial charge in [0.2, 0.25) is 0 Å². The number of hydrogen-bond acceptors (Lipinski definition) is 5. The molecule has 0 aliphatic carbocycles. The van der Waals surface area contributed by atoms with Gasteiger partial charge in [-0.15, -0.1) is 0 Å². The number of pyridine rings is 1. The van der Waals surface area contributed by atoms with Crippen LogP contribution < -0.4 is 11.1 Å². The summed E-state index contributed by atoms with van der Waals surface area (Å²) in [7, 11) is 0. The summed E-state index contributed by atoms with van der Waals surface area (Å²) in [5, 5.41) is 4.39. The topological polar surface area (TPSA) is 76.7 Å². The average molecular weight is 265 g/mol. The van der Waals surface area contributed by atoms with Gasteiger partial charge in [0, 0.05) is 18.1 Å². The summed E-state index contributed by atoms with van der Waals surface area (Å²) >= 11 is 0. The molecule has 3 rings (SSSR count). The second-order valence-electron chi connectivity index (χ2n) is 4.50. The molecule has 0 aliphatic rings. The van der Waals surface area contributed by atoms with Crippen LogP contribution in [0.4, 0.5) is 11.6 Å². The standard InChI is InChI=1S/C15H15N5/c16-13-9-20-14(10-19-13)17-8-6-12-4-1-3-11-5-2-7-18-15(11)12/h1-5,7,9-10H,6,8H2,(H2,16,19)(H,17,20). The highest BCUT2D eigenvalue weighted by molar-refractivity contribution is 5.81. The third-order valence-electron chi connectivity index (χ3n) is 3.09. The number of nitrogens with one attached hydrogen (secondary N) is 1. The predicted octanol–water partition coefficient (Wildman–Crippen LogP) is 2.26. The van der Waals surface area contributed by atoms with Crippen LogP contribution in [-0.4, -0.2) is 21.5 Å². The number of fused-ring (bicyclic) bond motifs is 1. The molecule has 3 N–H and O–H groups in total. The van der Waals surface area contributed by atoms with Gasteiger partial charge < -0.3 is 11.1 Å². The van der Waals surface area contributed by atoms with E-state index in [9.17, 15) is 0 Å². The van der Waals surface area contributed by atoms with E-state index in [2.05, 4.69) is 44.5 Å². The molecule has 100 valence electrons. The van der Waals surface area contributed by atoms with Crippen LogP contribution in [-0.2, 0) is 6.42 Å². The molecule has 5 heteroatoms. The van der Waals surface area contributed by atoms with Crippen LogP contribution in [0.2, 0.25) is 0 Å². The molecule has 2 heterocycles. The molecule has 1 aromatic carbocycles. The van der Waals surface area contributed by atoms with Crippen molar-refractivity contribution in [3.8, 4) is 0 Å². The maximum absolute atomic E-state index is 5.50. The number of benzene rings is 1. The first-order valence-corrected chi connectivity index (χ1v) is 6.47. The Balaban J connectivity index is 1.69. The molecule has 0 unspecified atom stereocenters. The van der Waals surface area contributed by atoms with E-state index in [-0.39, 0.29) is 0 Å². The lowest BCUT2D eigenvalue weighted by Gasteiger charge is -2.07. The monoisotopic (exact) mass is 265 g/mol. The van der Waals surface area contributed by atoms with Crippen molar-refractivity contribution in [1.29, 1.82) is 0 Å². The zero-order valence-corrected chi connectivity index (χ0v) is 11.0. The zero-order chi connectivity index (χ0) is 13.8. The van der Waals surface area contributed by atoms with E-state index in [1.54, 1.807) is 12.4 Å². The largest absolute Gasteiger partial charge is 0.382 e. The average Bonchev–Trinajstić information content (AvgIpc) is 2.49. The smallest absolute Gasteiger partial charge is 0.144 e. The van der Waals surface area contributed by atoms with Crippen LogP contribution in [0.5, 0.6) is 0 Å². The Morgan fingerprint density at radius 2 is 1.90 bits per heavy atom. The van der Waals surface area contributed by atoms with E-state index in [4.69, 9.17) is 5.73 Å². The predicted molar refractivity (Wildman–Crippen MR) is 80.4 cm³/mol. The Morgan fingerprint density at radius 1 is 1.00 bits per heavy atom. The highest BCUT2D eigenvalue weighted by atomic mass is 15.0. The molecule has 3 aromatic rings. The Morgan fingerprint density at radius 3 is 2.75 bits per heavy atom. The molecular formula is C15H15N5. The first kappa shape index (κ1) is 12.3. The van der Waals surface area contributed by atoms with Crippen LogP contribution in [0, 0.1) is 0 Å². The molecule has 2 aromatic heterocycles. The van der Waals surface area contributed by atoms with Crippen LogP contribution >= 0.6 is 0 Å². The van der Waals surface area contributed by atoms with Gasteiger partial charge in [0.05, 0.1) is 17.9 Å². The van der Waals surface area contributed by atoms with Gasteiger partial charge in [-0.1, -0.05) is 24.3 Å². The Labute approximate surface area is 116 Å². The minimum absolute atomic E-state index is 0.425. The molecule has 20 heavy (non-hydrogen) atoms. The van der Waals surface area contributed by atoms with Gasteiger partial charge in [-0.2, -0.15) is 0 Å². The zero-order valence-electron chi connectivity index (χ0n) is 11.0. The number of nitrogens with two attached hydrogens (primary N) is 1. The maximum Gasteiger partial charge on any atom is 0.144 e. The minimum Gasteiger partial charge on any atom is -0.382 e. The normalized spacial score (nSPS) is 10.6. The lowest BCUT2D eigenvalue weighted by molar-refractivity contribution is 1.00. The van der Waals surface area contributed by atoms with Crippen molar-refractivity contribution in [2.24, 2.45) is 0 Å². The number of nitrogens with zero attached hydrogens (tertiary/aromatic N) is 3. The van der Waals surface area contributed by atoms with Crippen LogP contribution in [0.1, 0.15) is 5.56 Å². The highest BCUT2D eigenvalue weighted by Gasteiger charge is 2.01. The maximum atomic E-state index is 5.50. The lowest BCUT2D eigenvalue weighted by atomic mass is 10.1. The van der Waals surface area contributed by atoms with Crippen molar-refractivity contribution >= 4 is 22.5 Å². The Bertz CT molecular complexity index is 704. The highest BCUT2D eigenvalue weighted by Crippen LogP contribution is 2.16. The summed E-state index contributed by atoms with van der Waals surface area (Å²) in [5.41, 5.74) is 7.78. The fourth-order valence-corrected chi connectivity index (χ4v) is 2.12. The molecule has 0 saturated carbocycles. The van der Waals surface area contributed by atoms with Crippen molar-refractivity contribution in [1.82, 2.24) is 15.0 Å². The van der Waals surface area contributed by atoms with E-state index in [0.29, 0.717) is 5.82 Å². The molecule has 0 fully saturated rings. The van der Waals surface area contributed by atoms with Gasteiger partial charge in [-0.05, 0) is 18.1 Å². The fourth-order valence-electron chi connectivity index (χ4n) is 2.12. The van der Waals surface area contributed by atoms with Gasteiger partial charge >= 0.3 is 0 Å². The van der Waals surface area contributed by atoms with Crippen molar-refractivity contribution < 1.29 is 0 Å². The van der Waals surface area contributed by atoms with Gasteiger partial charge in [0.25, 0.3) is 0 Å². The summed E-state index contributed by atoms with van der Waals surface area (Å²) in [5.74, 6) is 1.15. The van der Waals surface area contributed by atoms with Crippen molar-refractivity contribution in [3.63, 3.8) is 0 Å². The Kier molecular flexibility index (Phi) is 3.41. The van der Waals surface area contributed by atoms with Crippen LogP contribution in [0.15, 0.2) is 48.9 Å². The molecular weight excluding hydrogens is 250 g/mol. The van der Waals surface area contributed by atoms with E-state index in [1.807, 2.05) is 12.3 Å². The lowest BCUT2D eigenvalue weighted by Crippen LogP contribution is -2.07. The fraction of sp³-hybridized carbons (Fsp3) is 0.133. The van der Waals surface area contributed by atoms with Crippen LogP contribution in [0.3, 0.4) is 0 Å². The molecule has 0 aliphatic heterocycles. The summed E-state index contributed by atoms with van der Waals surface area (Å²) in [6.45, 7) is 0.772. The number of para-hydroxylation sites is 1. The van der Waals surface area contributed by atoms with Gasteiger partial charge in [0.1, 0.15) is 11.6 Å². The number of anilines is 2. The molecule has 0 bridgehead atoms. The van der Waals surface area contributed by atoms with E-state index in [1.165, 1.54) is 5.56 Å². The van der Waals surface area contributed by atoms with E-state index >= 15 is 0 Å². The molecule has 0 radical (unpaired) electrons. The summed E-state index contributed by atoms with van der Waals surface area (Å²) in [4.78, 5) is 12.6. The molecule has 0 saturated heterocycles. The van der Waals surface area contributed by atoms with Gasteiger partial charge in [-0.25, -0.2) is 9.97 Å². The Hall–Kier alpha value is -2.69. The summed E-state index contributed by atoms with van der Waals surface area (Å²) < 4.78 is 0. The molecule has 5 nitrogen and oxygen atoms in total. The third-order valence-corrected chi connectivity index (χ3v) is 3.09. The number of rotatable bonds is 4. The van der Waals surface area contributed by atoms with Gasteiger partial charge in [0.15, 0.2) is 0 Å². The number of nitrogen functional groups attached to an aromatic ring is 1.